The zero-order chi connectivity index (χ0) is 13.8. The van der Waals surface area contributed by atoms with Crippen molar-refractivity contribution in [1.29, 1.82) is 0 Å². The van der Waals surface area contributed by atoms with E-state index in [0.717, 1.165) is 31.0 Å². The number of rotatable bonds is 4. The van der Waals surface area contributed by atoms with Gasteiger partial charge in [-0.05, 0) is 19.3 Å². The molecule has 2 atom stereocenters. The van der Waals surface area contributed by atoms with Gasteiger partial charge >= 0.3 is 0 Å². The fourth-order valence-electron chi connectivity index (χ4n) is 2.63. The van der Waals surface area contributed by atoms with Crippen LogP contribution in [0.1, 0.15) is 38.6 Å². The molecule has 0 amide bonds. The molecule has 1 saturated heterocycles. The third-order valence-corrected chi connectivity index (χ3v) is 4.04. The van der Waals surface area contributed by atoms with Crippen molar-refractivity contribution in [3.63, 3.8) is 0 Å². The Kier molecular flexibility index (Phi) is 4.88. The summed E-state index contributed by atoms with van der Waals surface area (Å²) in [6.07, 6.45) is 4.95. The van der Waals surface area contributed by atoms with Gasteiger partial charge in [-0.1, -0.05) is 20.8 Å². The molecule has 19 heavy (non-hydrogen) atoms. The SMILES string of the molecule is CCC1CNC(C(C)C)CN1Cc1cnc(C)cn1. The van der Waals surface area contributed by atoms with E-state index in [1.165, 1.54) is 6.42 Å². The monoisotopic (exact) mass is 262 g/mol. The molecule has 1 N–H and O–H groups in total. The summed E-state index contributed by atoms with van der Waals surface area (Å²) in [4.78, 5) is 11.4. The van der Waals surface area contributed by atoms with E-state index < -0.39 is 0 Å². The van der Waals surface area contributed by atoms with Crippen LogP contribution < -0.4 is 5.32 Å². The smallest absolute Gasteiger partial charge is 0.0727 e. The Hall–Kier alpha value is -1.00. The summed E-state index contributed by atoms with van der Waals surface area (Å²) in [6.45, 7) is 11.9. The van der Waals surface area contributed by atoms with Crippen LogP contribution in [0.2, 0.25) is 0 Å². The minimum Gasteiger partial charge on any atom is -0.311 e. The number of piperazine rings is 1. The van der Waals surface area contributed by atoms with Crippen LogP contribution in [0.5, 0.6) is 0 Å². The molecular weight excluding hydrogens is 236 g/mol. The van der Waals surface area contributed by atoms with E-state index in [1.54, 1.807) is 0 Å². The topological polar surface area (TPSA) is 41.0 Å². The van der Waals surface area contributed by atoms with E-state index >= 15 is 0 Å². The van der Waals surface area contributed by atoms with Gasteiger partial charge in [-0.3, -0.25) is 14.9 Å². The lowest BCUT2D eigenvalue weighted by molar-refractivity contribution is 0.102. The molecule has 0 radical (unpaired) electrons. The molecule has 0 aromatic carbocycles. The Morgan fingerprint density at radius 1 is 1.37 bits per heavy atom. The van der Waals surface area contributed by atoms with Crippen LogP contribution in [-0.4, -0.2) is 40.0 Å². The third-order valence-electron chi connectivity index (χ3n) is 4.04. The fourth-order valence-corrected chi connectivity index (χ4v) is 2.63. The number of nitrogens with one attached hydrogen (secondary N) is 1. The fraction of sp³-hybridized carbons (Fsp3) is 0.733. The van der Waals surface area contributed by atoms with Crippen LogP contribution in [0.3, 0.4) is 0 Å². The first-order chi connectivity index (χ1) is 9.10. The summed E-state index contributed by atoms with van der Waals surface area (Å²) in [7, 11) is 0. The lowest BCUT2D eigenvalue weighted by Gasteiger charge is -2.41. The first-order valence-electron chi connectivity index (χ1n) is 7.35. The maximum atomic E-state index is 4.49. The first kappa shape index (κ1) is 14.4. The van der Waals surface area contributed by atoms with Gasteiger partial charge in [0.25, 0.3) is 0 Å². The van der Waals surface area contributed by atoms with Crippen LogP contribution in [-0.2, 0) is 6.54 Å². The molecule has 0 spiro atoms. The van der Waals surface area contributed by atoms with Gasteiger partial charge in [0.2, 0.25) is 0 Å². The summed E-state index contributed by atoms with van der Waals surface area (Å²) in [5.41, 5.74) is 2.06. The van der Waals surface area contributed by atoms with Crippen LogP contribution in [0.15, 0.2) is 12.4 Å². The second kappa shape index (κ2) is 6.44. The average Bonchev–Trinajstić information content (AvgIpc) is 2.41. The molecule has 1 aliphatic rings. The van der Waals surface area contributed by atoms with Gasteiger partial charge in [-0.15, -0.1) is 0 Å². The molecule has 1 aromatic heterocycles. The van der Waals surface area contributed by atoms with Crippen molar-refractivity contribution in [2.24, 2.45) is 5.92 Å². The minimum atomic E-state index is 0.584. The van der Waals surface area contributed by atoms with Crippen molar-refractivity contribution in [2.75, 3.05) is 13.1 Å². The predicted octanol–water partition coefficient (Wildman–Crippen LogP) is 1.99. The Morgan fingerprint density at radius 3 is 2.74 bits per heavy atom. The average molecular weight is 262 g/mol. The molecule has 2 rings (SSSR count). The second-order valence-corrected chi connectivity index (χ2v) is 5.90. The van der Waals surface area contributed by atoms with Gasteiger partial charge in [0.05, 0.1) is 11.4 Å². The Labute approximate surface area is 116 Å². The summed E-state index contributed by atoms with van der Waals surface area (Å²) in [5.74, 6) is 0.671. The van der Waals surface area contributed by atoms with Gasteiger partial charge in [-0.25, -0.2) is 0 Å². The highest BCUT2D eigenvalue weighted by Gasteiger charge is 2.28. The summed E-state index contributed by atoms with van der Waals surface area (Å²) < 4.78 is 0. The highest BCUT2D eigenvalue weighted by Crippen LogP contribution is 2.17. The molecule has 1 aromatic rings. The van der Waals surface area contributed by atoms with Gasteiger partial charge in [0.15, 0.2) is 0 Å². The van der Waals surface area contributed by atoms with E-state index in [0.29, 0.717) is 18.0 Å². The molecule has 4 heteroatoms. The second-order valence-electron chi connectivity index (χ2n) is 5.90. The molecule has 106 valence electrons. The van der Waals surface area contributed by atoms with E-state index in [-0.39, 0.29) is 0 Å². The first-order valence-corrected chi connectivity index (χ1v) is 7.35. The van der Waals surface area contributed by atoms with Crippen LogP contribution in [0, 0.1) is 12.8 Å². The Balaban J connectivity index is 2.03. The molecule has 1 fully saturated rings. The molecule has 4 nitrogen and oxygen atoms in total. The highest BCUT2D eigenvalue weighted by atomic mass is 15.2. The third kappa shape index (κ3) is 3.74. The van der Waals surface area contributed by atoms with Gasteiger partial charge < -0.3 is 5.32 Å². The van der Waals surface area contributed by atoms with E-state index in [4.69, 9.17) is 0 Å². The lowest BCUT2D eigenvalue weighted by atomic mass is 9.98. The van der Waals surface area contributed by atoms with Crippen molar-refractivity contribution < 1.29 is 0 Å². The van der Waals surface area contributed by atoms with Crippen molar-refractivity contribution >= 4 is 0 Å². The predicted molar refractivity (Wildman–Crippen MR) is 77.9 cm³/mol. The standard InChI is InChI=1S/C15H26N4/c1-5-14-8-18-15(11(2)3)10-19(14)9-13-7-16-12(4)6-17-13/h6-7,11,14-15,18H,5,8-10H2,1-4H3. The summed E-state index contributed by atoms with van der Waals surface area (Å²) in [5, 5.41) is 3.67. The number of hydrogen-bond acceptors (Lipinski definition) is 4. The number of nitrogens with zero attached hydrogens (tertiary/aromatic N) is 3. The van der Waals surface area contributed by atoms with Gasteiger partial charge in [-0.2, -0.15) is 0 Å². The van der Waals surface area contributed by atoms with Crippen LogP contribution in [0.25, 0.3) is 0 Å². The van der Waals surface area contributed by atoms with Gasteiger partial charge in [0, 0.05) is 44.1 Å². The Morgan fingerprint density at radius 2 is 2.16 bits per heavy atom. The van der Waals surface area contributed by atoms with Crippen molar-refractivity contribution in [2.45, 2.75) is 52.7 Å². The molecule has 2 heterocycles. The van der Waals surface area contributed by atoms with Crippen molar-refractivity contribution in [1.82, 2.24) is 20.2 Å². The molecule has 0 bridgehead atoms. The molecular formula is C15H26N4. The minimum absolute atomic E-state index is 0.584. The Bertz CT molecular complexity index is 388. The maximum Gasteiger partial charge on any atom is 0.0727 e. The van der Waals surface area contributed by atoms with Crippen LogP contribution >= 0.6 is 0 Å². The van der Waals surface area contributed by atoms with Crippen molar-refractivity contribution in [3.8, 4) is 0 Å². The highest BCUT2D eigenvalue weighted by molar-refractivity contribution is 5.02. The number of hydrogen-bond donors (Lipinski definition) is 1. The summed E-state index contributed by atoms with van der Waals surface area (Å²) in [6, 6.07) is 1.19. The molecule has 2 unspecified atom stereocenters. The zero-order valence-electron chi connectivity index (χ0n) is 12.6. The normalized spacial score (nSPS) is 24.9. The zero-order valence-corrected chi connectivity index (χ0v) is 12.6. The number of aryl methyl sites for hydroxylation is 1. The molecule has 0 saturated carbocycles. The lowest BCUT2D eigenvalue weighted by Crippen LogP contribution is -2.57. The molecule has 0 aliphatic carbocycles. The van der Waals surface area contributed by atoms with Crippen molar-refractivity contribution in [3.05, 3.63) is 23.8 Å². The molecule has 1 aliphatic heterocycles. The van der Waals surface area contributed by atoms with E-state index in [9.17, 15) is 0 Å². The van der Waals surface area contributed by atoms with E-state index in [2.05, 4.69) is 41.0 Å². The quantitative estimate of drug-likeness (QED) is 0.901. The van der Waals surface area contributed by atoms with Crippen LogP contribution in [0.4, 0.5) is 0 Å². The maximum absolute atomic E-state index is 4.49. The van der Waals surface area contributed by atoms with E-state index in [1.807, 2.05) is 19.3 Å². The van der Waals surface area contributed by atoms with Gasteiger partial charge in [0.1, 0.15) is 0 Å². The number of aromatic nitrogens is 2. The largest absolute Gasteiger partial charge is 0.311 e. The summed E-state index contributed by atoms with van der Waals surface area (Å²) >= 11 is 0.